The molecule has 0 aliphatic rings. The van der Waals surface area contributed by atoms with Crippen molar-refractivity contribution in [1.82, 2.24) is 23.8 Å². The van der Waals surface area contributed by atoms with E-state index >= 15 is 0 Å². The minimum absolute atomic E-state index is 0.722. The van der Waals surface area contributed by atoms with Crippen LogP contribution in [0.15, 0.2) is 158 Å². The summed E-state index contributed by atoms with van der Waals surface area (Å²) in [5, 5.41) is 6.43. The molecule has 0 N–H and O–H groups in total. The van der Waals surface area contributed by atoms with Crippen LogP contribution in [-0.4, -0.2) is 23.8 Å². The zero-order chi connectivity index (χ0) is 37.5. The standard InChI is InChI=1S/C50H35N5O/c1-30-25-31(2)45(32(3)26-30)43-29-54-44-19-11-10-17-39(44)37-22-20-35(27-41(37)49(54)52-43)56-36-21-23-38-40-18-12-24-51-48(40)55-47(34-15-8-5-9-16-34)46(33-13-6-4-7-14-33)53-50(55)42(38)28-36/h4-29H,1-3H3. The fourth-order valence-electron chi connectivity index (χ4n) is 8.77. The summed E-state index contributed by atoms with van der Waals surface area (Å²) in [5.74, 6) is 1.46. The number of imidazole rings is 2. The second-order valence-electron chi connectivity index (χ2n) is 14.7. The maximum atomic E-state index is 6.78. The van der Waals surface area contributed by atoms with E-state index in [9.17, 15) is 0 Å². The van der Waals surface area contributed by atoms with Gasteiger partial charge in [-0.1, -0.05) is 96.6 Å². The average Bonchev–Trinajstić information content (AvgIpc) is 3.85. The van der Waals surface area contributed by atoms with Gasteiger partial charge in [0, 0.05) is 50.6 Å². The zero-order valence-corrected chi connectivity index (χ0v) is 31.2. The van der Waals surface area contributed by atoms with Crippen LogP contribution in [0.5, 0.6) is 11.5 Å². The molecule has 5 aromatic heterocycles. The van der Waals surface area contributed by atoms with Crippen molar-refractivity contribution in [2.45, 2.75) is 20.8 Å². The van der Waals surface area contributed by atoms with E-state index < -0.39 is 0 Å². The van der Waals surface area contributed by atoms with Gasteiger partial charge in [0.1, 0.15) is 28.4 Å². The van der Waals surface area contributed by atoms with Gasteiger partial charge in [-0.25, -0.2) is 15.0 Å². The van der Waals surface area contributed by atoms with E-state index in [1.165, 1.54) is 27.6 Å². The summed E-state index contributed by atoms with van der Waals surface area (Å²) in [5.41, 5.74) is 13.6. The molecule has 56 heavy (non-hydrogen) atoms. The highest BCUT2D eigenvalue weighted by atomic mass is 16.5. The number of benzene rings is 6. The largest absolute Gasteiger partial charge is 0.457 e. The molecule has 0 spiro atoms. The lowest BCUT2D eigenvalue weighted by Crippen LogP contribution is -1.96. The molecule has 6 aromatic carbocycles. The second kappa shape index (κ2) is 12.4. The predicted molar refractivity (Wildman–Crippen MR) is 229 cm³/mol. The minimum atomic E-state index is 0.722. The normalized spacial score (nSPS) is 11.8. The molecule has 0 bridgehead atoms. The monoisotopic (exact) mass is 721 g/mol. The average molecular weight is 722 g/mol. The number of hydrogen-bond acceptors (Lipinski definition) is 4. The third-order valence-corrected chi connectivity index (χ3v) is 11.1. The Bertz CT molecular complexity index is 3340. The van der Waals surface area contributed by atoms with E-state index in [1.807, 2.05) is 30.5 Å². The van der Waals surface area contributed by atoms with Crippen molar-refractivity contribution in [1.29, 1.82) is 0 Å². The van der Waals surface area contributed by atoms with Gasteiger partial charge in [0.2, 0.25) is 0 Å². The lowest BCUT2D eigenvalue weighted by molar-refractivity contribution is 0.484. The van der Waals surface area contributed by atoms with Crippen LogP contribution in [0.2, 0.25) is 0 Å². The Labute approximate surface area is 322 Å². The Hall–Kier alpha value is -7.31. The van der Waals surface area contributed by atoms with Crippen molar-refractivity contribution in [3.8, 4) is 45.3 Å². The smallest absolute Gasteiger partial charge is 0.147 e. The van der Waals surface area contributed by atoms with Crippen molar-refractivity contribution in [3.05, 3.63) is 175 Å². The molecule has 0 saturated carbocycles. The second-order valence-corrected chi connectivity index (χ2v) is 14.7. The van der Waals surface area contributed by atoms with E-state index in [1.54, 1.807) is 0 Å². The van der Waals surface area contributed by atoms with Crippen molar-refractivity contribution >= 4 is 54.8 Å². The third-order valence-electron chi connectivity index (χ3n) is 11.1. The molecule has 11 rings (SSSR count). The van der Waals surface area contributed by atoms with Crippen molar-refractivity contribution < 1.29 is 4.74 Å². The molecule has 266 valence electrons. The van der Waals surface area contributed by atoms with Crippen LogP contribution in [0, 0.1) is 20.8 Å². The van der Waals surface area contributed by atoms with Gasteiger partial charge < -0.3 is 4.74 Å². The quantitative estimate of drug-likeness (QED) is 0.166. The summed E-state index contributed by atoms with van der Waals surface area (Å²) in [6.45, 7) is 6.49. The first-order valence-corrected chi connectivity index (χ1v) is 18.9. The van der Waals surface area contributed by atoms with Gasteiger partial charge in [-0.2, -0.15) is 0 Å². The van der Waals surface area contributed by atoms with E-state index in [2.05, 4.69) is 157 Å². The molecule has 0 saturated heterocycles. The van der Waals surface area contributed by atoms with Gasteiger partial charge >= 0.3 is 0 Å². The molecule has 0 atom stereocenters. The highest BCUT2D eigenvalue weighted by molar-refractivity contribution is 6.14. The molecule has 5 heterocycles. The van der Waals surface area contributed by atoms with Crippen LogP contribution >= 0.6 is 0 Å². The molecule has 6 nitrogen and oxygen atoms in total. The summed E-state index contributed by atoms with van der Waals surface area (Å²) in [7, 11) is 0. The lowest BCUT2D eigenvalue weighted by atomic mass is 9.98. The molecular formula is C50H35N5O. The summed E-state index contributed by atoms with van der Waals surface area (Å²) in [4.78, 5) is 15.6. The van der Waals surface area contributed by atoms with Crippen LogP contribution in [0.3, 0.4) is 0 Å². The van der Waals surface area contributed by atoms with Crippen molar-refractivity contribution in [2.24, 2.45) is 0 Å². The van der Waals surface area contributed by atoms with Crippen LogP contribution in [0.25, 0.3) is 88.5 Å². The first-order chi connectivity index (χ1) is 27.5. The molecule has 0 radical (unpaired) electrons. The molecule has 0 aliphatic carbocycles. The van der Waals surface area contributed by atoms with E-state index in [0.717, 1.165) is 89.1 Å². The first kappa shape index (κ1) is 32.1. The summed E-state index contributed by atoms with van der Waals surface area (Å²) in [6.07, 6.45) is 4.04. The molecule has 11 aromatic rings. The number of para-hydroxylation sites is 1. The van der Waals surface area contributed by atoms with Gasteiger partial charge in [0.15, 0.2) is 0 Å². The summed E-state index contributed by atoms with van der Waals surface area (Å²) in [6, 6.07) is 50.6. The fraction of sp³-hybridized carbons (Fsp3) is 0.0600. The SMILES string of the molecule is Cc1cc(C)c(-c2cn3c4ccccc4c4ccc(Oc5ccc6c7cccnc7n7c(-c8ccccc8)c(-c8ccccc8)nc7c6c5)cc4c3n2)c(C)c1. The number of pyridine rings is 3. The summed E-state index contributed by atoms with van der Waals surface area (Å²) < 4.78 is 11.2. The van der Waals surface area contributed by atoms with E-state index in [0.29, 0.717) is 0 Å². The molecule has 0 unspecified atom stereocenters. The van der Waals surface area contributed by atoms with Gasteiger partial charge in [-0.05, 0) is 97.3 Å². The van der Waals surface area contributed by atoms with Crippen molar-refractivity contribution in [3.63, 3.8) is 0 Å². The van der Waals surface area contributed by atoms with Gasteiger partial charge in [0.05, 0.1) is 22.6 Å². The maximum Gasteiger partial charge on any atom is 0.147 e. The first-order valence-electron chi connectivity index (χ1n) is 18.9. The number of fused-ring (bicyclic) bond motifs is 12. The summed E-state index contributed by atoms with van der Waals surface area (Å²) >= 11 is 0. The third kappa shape index (κ3) is 4.92. The zero-order valence-electron chi connectivity index (χ0n) is 31.2. The molecular weight excluding hydrogens is 687 g/mol. The number of aryl methyl sites for hydroxylation is 3. The van der Waals surface area contributed by atoms with Gasteiger partial charge in [-0.15, -0.1) is 0 Å². The van der Waals surface area contributed by atoms with Crippen LogP contribution in [-0.2, 0) is 0 Å². The highest BCUT2D eigenvalue weighted by Gasteiger charge is 2.22. The number of ether oxygens (including phenoxy) is 1. The number of aromatic nitrogens is 5. The molecule has 0 amide bonds. The van der Waals surface area contributed by atoms with Gasteiger partial charge in [0.25, 0.3) is 0 Å². The lowest BCUT2D eigenvalue weighted by Gasteiger charge is -2.13. The highest BCUT2D eigenvalue weighted by Crippen LogP contribution is 2.41. The van der Waals surface area contributed by atoms with Crippen molar-refractivity contribution in [2.75, 3.05) is 0 Å². The maximum absolute atomic E-state index is 6.78. The molecule has 6 heteroatoms. The van der Waals surface area contributed by atoms with Gasteiger partial charge in [-0.3, -0.25) is 8.80 Å². The predicted octanol–water partition coefficient (Wildman–Crippen LogP) is 12.7. The van der Waals surface area contributed by atoms with E-state index in [4.69, 9.17) is 19.7 Å². The number of nitrogens with zero attached hydrogens (tertiary/aromatic N) is 5. The van der Waals surface area contributed by atoms with Crippen LogP contribution in [0.1, 0.15) is 16.7 Å². The number of hydrogen-bond donors (Lipinski definition) is 0. The number of rotatable bonds is 5. The minimum Gasteiger partial charge on any atom is -0.457 e. The van der Waals surface area contributed by atoms with Crippen LogP contribution < -0.4 is 4.74 Å². The Morgan fingerprint density at radius 3 is 1.86 bits per heavy atom. The van der Waals surface area contributed by atoms with E-state index in [-0.39, 0.29) is 0 Å². The topological polar surface area (TPSA) is 56.7 Å². The molecule has 0 fully saturated rings. The van der Waals surface area contributed by atoms with Crippen LogP contribution in [0.4, 0.5) is 0 Å². The Morgan fingerprint density at radius 2 is 1.12 bits per heavy atom. The Balaban J connectivity index is 1.11. The fourth-order valence-corrected chi connectivity index (χ4v) is 8.77. The Morgan fingerprint density at radius 1 is 0.500 bits per heavy atom. The molecule has 0 aliphatic heterocycles. The Kier molecular flexibility index (Phi) is 7.10.